The summed E-state index contributed by atoms with van der Waals surface area (Å²) in [5, 5.41) is 0.887. The minimum absolute atomic E-state index is 0.286. The van der Waals surface area contributed by atoms with Crippen LogP contribution in [0.15, 0.2) is 56.1 Å². The molecule has 0 aliphatic heterocycles. The van der Waals surface area contributed by atoms with Gasteiger partial charge < -0.3 is 13.7 Å². The fourth-order valence-electron chi connectivity index (χ4n) is 3.28. The van der Waals surface area contributed by atoms with Crippen LogP contribution in [0.1, 0.15) is 19.4 Å². The molecule has 0 saturated heterocycles. The van der Waals surface area contributed by atoms with E-state index in [2.05, 4.69) is 29.8 Å². The van der Waals surface area contributed by atoms with E-state index in [1.165, 1.54) is 0 Å². The van der Waals surface area contributed by atoms with Crippen LogP contribution in [-0.2, 0) is 0 Å². The van der Waals surface area contributed by atoms with Crippen LogP contribution in [-0.4, -0.2) is 18.1 Å². The minimum atomic E-state index is -0.444. The van der Waals surface area contributed by atoms with Crippen molar-refractivity contribution in [1.29, 1.82) is 0 Å². The summed E-state index contributed by atoms with van der Waals surface area (Å²) in [6.07, 6.45) is 0. The zero-order valence-corrected chi connectivity index (χ0v) is 15.1. The number of oxazole rings is 1. The first-order valence-corrected chi connectivity index (χ1v) is 8.80. The van der Waals surface area contributed by atoms with E-state index in [0.29, 0.717) is 16.7 Å². The lowest BCUT2D eigenvalue weighted by Gasteiger charge is -2.21. The van der Waals surface area contributed by atoms with Gasteiger partial charge in [-0.1, -0.05) is 12.1 Å². The summed E-state index contributed by atoms with van der Waals surface area (Å²) in [4.78, 5) is 19.2. The van der Waals surface area contributed by atoms with Gasteiger partial charge in [0.1, 0.15) is 16.7 Å². The highest BCUT2D eigenvalue weighted by Gasteiger charge is 2.16. The van der Waals surface area contributed by atoms with E-state index < -0.39 is 5.63 Å². The summed E-state index contributed by atoms with van der Waals surface area (Å²) in [6.45, 7) is 8.02. The smallest absolute Gasteiger partial charge is 0.349 e. The van der Waals surface area contributed by atoms with Crippen LogP contribution in [0.5, 0.6) is 0 Å². The van der Waals surface area contributed by atoms with Crippen molar-refractivity contribution in [1.82, 2.24) is 4.98 Å². The Kier molecular flexibility index (Phi) is 3.99. The van der Waals surface area contributed by atoms with Gasteiger partial charge in [-0.05, 0) is 50.6 Å². The molecular formula is C21H20N2O3. The zero-order chi connectivity index (χ0) is 18.3. The summed E-state index contributed by atoms with van der Waals surface area (Å²) in [5.74, 6) is 0.286. The predicted molar refractivity (Wildman–Crippen MR) is 104 cm³/mol. The number of aromatic nitrogens is 1. The Bertz CT molecular complexity index is 1120. The standard InChI is InChI=1S/C21H20N2O3/c1-4-23(5-2)14-10-13(3)15-12-16(21(24)26-19(15)11-14)20-22-17-8-6-7-9-18(17)25-20/h6-12H,4-5H2,1-3H3. The van der Waals surface area contributed by atoms with Crippen molar-refractivity contribution >= 4 is 27.8 Å². The Morgan fingerprint density at radius 2 is 1.77 bits per heavy atom. The van der Waals surface area contributed by atoms with Crippen molar-refractivity contribution in [2.45, 2.75) is 20.8 Å². The number of aryl methyl sites for hydroxylation is 1. The van der Waals surface area contributed by atoms with E-state index in [1.807, 2.05) is 43.3 Å². The highest BCUT2D eigenvalue weighted by atomic mass is 16.4. The Labute approximate surface area is 150 Å². The van der Waals surface area contributed by atoms with Gasteiger partial charge in [0.25, 0.3) is 0 Å². The lowest BCUT2D eigenvalue weighted by molar-refractivity contribution is 0.553. The summed E-state index contributed by atoms with van der Waals surface area (Å²) < 4.78 is 11.4. The van der Waals surface area contributed by atoms with E-state index >= 15 is 0 Å². The van der Waals surface area contributed by atoms with Crippen molar-refractivity contribution in [3.63, 3.8) is 0 Å². The second kappa shape index (κ2) is 6.33. The first-order chi connectivity index (χ1) is 12.6. The maximum atomic E-state index is 12.6. The van der Waals surface area contributed by atoms with E-state index in [-0.39, 0.29) is 5.89 Å². The molecule has 0 spiro atoms. The molecule has 5 heteroatoms. The van der Waals surface area contributed by atoms with Gasteiger partial charge in [0.05, 0.1) is 0 Å². The average molecular weight is 348 g/mol. The number of benzene rings is 2. The largest absolute Gasteiger partial charge is 0.436 e. The third-order valence-corrected chi connectivity index (χ3v) is 4.70. The lowest BCUT2D eigenvalue weighted by atomic mass is 10.1. The first-order valence-electron chi connectivity index (χ1n) is 8.80. The molecule has 0 unspecified atom stereocenters. The zero-order valence-electron chi connectivity index (χ0n) is 15.1. The molecule has 0 radical (unpaired) electrons. The fourth-order valence-corrected chi connectivity index (χ4v) is 3.28. The second-order valence-corrected chi connectivity index (χ2v) is 6.28. The molecule has 0 atom stereocenters. The van der Waals surface area contributed by atoms with Gasteiger partial charge in [-0.25, -0.2) is 9.78 Å². The summed E-state index contributed by atoms with van der Waals surface area (Å²) in [7, 11) is 0. The highest BCUT2D eigenvalue weighted by molar-refractivity contribution is 5.87. The minimum Gasteiger partial charge on any atom is -0.436 e. The predicted octanol–water partition coefficient (Wildman–Crippen LogP) is 4.76. The fraction of sp³-hybridized carbons (Fsp3) is 0.238. The number of anilines is 1. The molecule has 2 heterocycles. The number of rotatable bonds is 4. The monoisotopic (exact) mass is 348 g/mol. The second-order valence-electron chi connectivity index (χ2n) is 6.28. The quantitative estimate of drug-likeness (QED) is 0.498. The van der Waals surface area contributed by atoms with Crippen LogP contribution in [0.3, 0.4) is 0 Å². The molecular weight excluding hydrogens is 328 g/mol. The molecule has 0 aliphatic rings. The van der Waals surface area contributed by atoms with Crippen molar-refractivity contribution < 1.29 is 8.83 Å². The van der Waals surface area contributed by atoms with Crippen molar-refractivity contribution in [2.75, 3.05) is 18.0 Å². The molecule has 2 aromatic heterocycles. The molecule has 0 amide bonds. The molecule has 26 heavy (non-hydrogen) atoms. The topological polar surface area (TPSA) is 59.5 Å². The number of fused-ring (bicyclic) bond motifs is 2. The van der Waals surface area contributed by atoms with Crippen LogP contribution in [0.2, 0.25) is 0 Å². The summed E-state index contributed by atoms with van der Waals surface area (Å²) in [6, 6.07) is 13.3. The van der Waals surface area contributed by atoms with Gasteiger partial charge in [0.15, 0.2) is 5.58 Å². The van der Waals surface area contributed by atoms with Crippen LogP contribution in [0.4, 0.5) is 5.69 Å². The SMILES string of the molecule is CCN(CC)c1cc(C)c2cc(-c3nc4ccccc4o3)c(=O)oc2c1. The number of para-hydroxylation sites is 2. The van der Waals surface area contributed by atoms with Crippen LogP contribution in [0, 0.1) is 6.92 Å². The molecule has 0 fully saturated rings. The first kappa shape index (κ1) is 16.4. The Hall–Kier alpha value is -3.08. The Balaban J connectivity index is 1.90. The lowest BCUT2D eigenvalue weighted by Crippen LogP contribution is -2.21. The molecule has 0 N–H and O–H groups in total. The molecule has 0 aliphatic carbocycles. The van der Waals surface area contributed by atoms with Gasteiger partial charge >= 0.3 is 5.63 Å². The van der Waals surface area contributed by atoms with E-state index in [9.17, 15) is 4.79 Å². The van der Waals surface area contributed by atoms with Gasteiger partial charge in [0, 0.05) is 30.2 Å². The van der Waals surface area contributed by atoms with Gasteiger partial charge in [-0.15, -0.1) is 0 Å². The summed E-state index contributed by atoms with van der Waals surface area (Å²) in [5.41, 5.74) is 3.94. The molecule has 132 valence electrons. The average Bonchev–Trinajstić information content (AvgIpc) is 3.06. The van der Waals surface area contributed by atoms with Crippen molar-refractivity contribution in [3.05, 3.63) is 58.4 Å². The van der Waals surface area contributed by atoms with Crippen molar-refractivity contribution in [2.24, 2.45) is 0 Å². The summed E-state index contributed by atoms with van der Waals surface area (Å²) >= 11 is 0. The molecule has 0 bridgehead atoms. The normalized spacial score (nSPS) is 11.3. The number of hydrogen-bond donors (Lipinski definition) is 0. The molecule has 4 rings (SSSR count). The third-order valence-electron chi connectivity index (χ3n) is 4.70. The third kappa shape index (κ3) is 2.65. The van der Waals surface area contributed by atoms with Crippen LogP contribution in [0.25, 0.3) is 33.5 Å². The molecule has 5 nitrogen and oxygen atoms in total. The van der Waals surface area contributed by atoms with Crippen LogP contribution < -0.4 is 10.5 Å². The Morgan fingerprint density at radius 1 is 1.00 bits per heavy atom. The van der Waals surface area contributed by atoms with Gasteiger partial charge in [-0.2, -0.15) is 0 Å². The Morgan fingerprint density at radius 3 is 2.50 bits per heavy atom. The number of nitrogens with zero attached hydrogens (tertiary/aromatic N) is 2. The molecule has 4 aromatic rings. The maximum absolute atomic E-state index is 12.6. The molecule has 2 aromatic carbocycles. The highest BCUT2D eigenvalue weighted by Crippen LogP contribution is 2.29. The van der Waals surface area contributed by atoms with Crippen LogP contribution >= 0.6 is 0 Å². The van der Waals surface area contributed by atoms with Crippen molar-refractivity contribution in [3.8, 4) is 11.5 Å². The molecule has 0 saturated carbocycles. The van der Waals surface area contributed by atoms with E-state index in [1.54, 1.807) is 0 Å². The van der Waals surface area contributed by atoms with Gasteiger partial charge in [0.2, 0.25) is 5.89 Å². The number of hydrogen-bond acceptors (Lipinski definition) is 5. The van der Waals surface area contributed by atoms with E-state index in [4.69, 9.17) is 8.83 Å². The maximum Gasteiger partial charge on any atom is 0.349 e. The van der Waals surface area contributed by atoms with Gasteiger partial charge in [-0.3, -0.25) is 0 Å². The van der Waals surface area contributed by atoms with E-state index in [0.717, 1.165) is 35.2 Å².